The lowest BCUT2D eigenvalue weighted by atomic mass is 10.1. The predicted molar refractivity (Wildman–Crippen MR) is 98.7 cm³/mol. The predicted octanol–water partition coefficient (Wildman–Crippen LogP) is 2.93. The smallest absolute Gasteiger partial charge is 0.337 e. The van der Waals surface area contributed by atoms with Crippen LogP contribution < -0.4 is 10.0 Å². The first kappa shape index (κ1) is 19.5. The molecule has 0 atom stereocenters. The summed E-state index contributed by atoms with van der Waals surface area (Å²) in [6.07, 6.45) is 0.315. The highest BCUT2D eigenvalue weighted by molar-refractivity contribution is 7.92. The monoisotopic (exact) mass is 376 g/mol. The van der Waals surface area contributed by atoms with Crippen LogP contribution in [0, 0.1) is 6.92 Å². The second-order valence-electron chi connectivity index (χ2n) is 5.50. The molecule has 0 aliphatic rings. The number of carbonyl (C=O) groups excluding carboxylic acids is 2. The van der Waals surface area contributed by atoms with Crippen molar-refractivity contribution in [2.24, 2.45) is 0 Å². The minimum Gasteiger partial charge on any atom is -0.465 e. The van der Waals surface area contributed by atoms with Crippen LogP contribution in [0.15, 0.2) is 47.4 Å². The van der Waals surface area contributed by atoms with Gasteiger partial charge < -0.3 is 10.1 Å². The standard InChI is InChI=1S/C18H20N2O5S/c1-4-17(21)19-15-9-6-10-16(12(15)2)20-26(23,24)14-8-5-7-13(11-14)18(22)25-3/h5-11,20H,4H2,1-3H3,(H,19,21). The number of sulfonamides is 1. The van der Waals surface area contributed by atoms with Gasteiger partial charge in [-0.05, 0) is 42.8 Å². The maximum absolute atomic E-state index is 12.7. The lowest BCUT2D eigenvalue weighted by molar-refractivity contribution is -0.115. The lowest BCUT2D eigenvalue weighted by Gasteiger charge is -2.14. The van der Waals surface area contributed by atoms with E-state index in [0.29, 0.717) is 23.4 Å². The van der Waals surface area contributed by atoms with E-state index >= 15 is 0 Å². The highest BCUT2D eigenvalue weighted by Crippen LogP contribution is 2.26. The Hall–Kier alpha value is -2.87. The summed E-state index contributed by atoms with van der Waals surface area (Å²) in [5.74, 6) is -0.790. The molecule has 7 nitrogen and oxygen atoms in total. The van der Waals surface area contributed by atoms with E-state index in [1.165, 1.54) is 31.4 Å². The van der Waals surface area contributed by atoms with E-state index in [2.05, 4.69) is 14.8 Å². The summed E-state index contributed by atoms with van der Waals surface area (Å²) in [5, 5.41) is 2.72. The maximum Gasteiger partial charge on any atom is 0.337 e. The van der Waals surface area contributed by atoms with Crippen molar-refractivity contribution in [3.05, 3.63) is 53.6 Å². The largest absolute Gasteiger partial charge is 0.465 e. The van der Waals surface area contributed by atoms with E-state index in [-0.39, 0.29) is 16.4 Å². The molecule has 26 heavy (non-hydrogen) atoms. The first-order valence-corrected chi connectivity index (χ1v) is 9.37. The summed E-state index contributed by atoms with van der Waals surface area (Å²) in [7, 11) is -2.70. The van der Waals surface area contributed by atoms with Gasteiger partial charge in [0.2, 0.25) is 5.91 Å². The number of amides is 1. The lowest BCUT2D eigenvalue weighted by Crippen LogP contribution is -2.16. The maximum atomic E-state index is 12.7. The molecule has 0 bridgehead atoms. The highest BCUT2D eigenvalue weighted by Gasteiger charge is 2.18. The minimum absolute atomic E-state index is 0.0669. The van der Waals surface area contributed by atoms with Gasteiger partial charge in [-0.1, -0.05) is 19.1 Å². The van der Waals surface area contributed by atoms with Crippen LogP contribution in [-0.2, 0) is 19.6 Å². The average Bonchev–Trinajstić information content (AvgIpc) is 2.64. The van der Waals surface area contributed by atoms with Crippen LogP contribution in [0.1, 0.15) is 29.3 Å². The third-order valence-corrected chi connectivity index (χ3v) is 5.10. The topological polar surface area (TPSA) is 102 Å². The van der Waals surface area contributed by atoms with E-state index in [0.717, 1.165) is 0 Å². The molecule has 8 heteroatoms. The molecule has 0 fully saturated rings. The molecular weight excluding hydrogens is 356 g/mol. The van der Waals surface area contributed by atoms with Crippen molar-refractivity contribution < 1.29 is 22.7 Å². The summed E-state index contributed by atoms with van der Waals surface area (Å²) in [6.45, 7) is 3.43. The molecule has 2 aromatic rings. The molecule has 2 N–H and O–H groups in total. The number of hydrogen-bond acceptors (Lipinski definition) is 5. The van der Waals surface area contributed by atoms with E-state index < -0.39 is 16.0 Å². The second-order valence-corrected chi connectivity index (χ2v) is 7.19. The molecule has 1 amide bonds. The van der Waals surface area contributed by atoms with Crippen LogP contribution in [-0.4, -0.2) is 27.4 Å². The molecule has 0 spiro atoms. The Bertz CT molecular complexity index is 938. The molecule has 0 aliphatic carbocycles. The van der Waals surface area contributed by atoms with Gasteiger partial charge in [-0.3, -0.25) is 9.52 Å². The highest BCUT2D eigenvalue weighted by atomic mass is 32.2. The van der Waals surface area contributed by atoms with E-state index in [9.17, 15) is 18.0 Å². The molecule has 0 radical (unpaired) electrons. The van der Waals surface area contributed by atoms with Crippen molar-refractivity contribution in [3.8, 4) is 0 Å². The molecule has 0 heterocycles. The van der Waals surface area contributed by atoms with Crippen LogP contribution in [0.2, 0.25) is 0 Å². The molecular formula is C18H20N2O5S. The number of ether oxygens (including phenoxy) is 1. The molecule has 2 rings (SSSR count). The minimum atomic E-state index is -3.92. The van der Waals surface area contributed by atoms with Crippen LogP contribution in [0.4, 0.5) is 11.4 Å². The number of benzene rings is 2. The molecule has 138 valence electrons. The van der Waals surface area contributed by atoms with Crippen molar-refractivity contribution in [2.75, 3.05) is 17.1 Å². The van der Waals surface area contributed by atoms with Gasteiger partial charge >= 0.3 is 5.97 Å². The van der Waals surface area contributed by atoms with E-state index in [1.54, 1.807) is 32.0 Å². The van der Waals surface area contributed by atoms with Gasteiger partial charge in [0.1, 0.15) is 0 Å². The van der Waals surface area contributed by atoms with Crippen molar-refractivity contribution in [3.63, 3.8) is 0 Å². The number of methoxy groups -OCH3 is 1. The SMILES string of the molecule is CCC(=O)Nc1cccc(NS(=O)(=O)c2cccc(C(=O)OC)c2)c1C. The molecule has 0 saturated heterocycles. The molecule has 0 aromatic heterocycles. The Morgan fingerprint density at radius 2 is 1.73 bits per heavy atom. The fourth-order valence-corrected chi connectivity index (χ4v) is 3.40. The zero-order valence-corrected chi connectivity index (χ0v) is 15.5. The van der Waals surface area contributed by atoms with E-state index in [4.69, 9.17) is 0 Å². The van der Waals surface area contributed by atoms with Crippen LogP contribution in [0.25, 0.3) is 0 Å². The van der Waals surface area contributed by atoms with Gasteiger partial charge in [0.25, 0.3) is 10.0 Å². The Kier molecular flexibility index (Phi) is 5.99. The van der Waals surface area contributed by atoms with Gasteiger partial charge in [0, 0.05) is 12.1 Å². The fraction of sp³-hybridized carbons (Fsp3) is 0.222. The Labute approximate surface area is 152 Å². The number of anilines is 2. The van der Waals surface area contributed by atoms with E-state index in [1.807, 2.05) is 0 Å². The third kappa shape index (κ3) is 4.40. The van der Waals surface area contributed by atoms with Gasteiger partial charge in [-0.2, -0.15) is 0 Å². The third-order valence-electron chi connectivity index (χ3n) is 3.74. The quantitative estimate of drug-likeness (QED) is 0.755. The van der Waals surface area contributed by atoms with Crippen molar-refractivity contribution >= 4 is 33.3 Å². The summed E-state index contributed by atoms with van der Waals surface area (Å²) < 4.78 is 32.4. The molecule has 0 aliphatic heterocycles. The second kappa shape index (κ2) is 8.01. The number of rotatable bonds is 6. The first-order chi connectivity index (χ1) is 12.3. The fourth-order valence-electron chi connectivity index (χ4n) is 2.23. The van der Waals surface area contributed by atoms with Crippen molar-refractivity contribution in [2.45, 2.75) is 25.2 Å². The van der Waals surface area contributed by atoms with Gasteiger partial charge in [-0.25, -0.2) is 13.2 Å². The van der Waals surface area contributed by atoms with Gasteiger partial charge in [-0.15, -0.1) is 0 Å². The van der Waals surface area contributed by atoms with Crippen molar-refractivity contribution in [1.82, 2.24) is 0 Å². The number of hydrogen-bond donors (Lipinski definition) is 2. The van der Waals surface area contributed by atoms with Gasteiger partial charge in [0.05, 0.1) is 23.3 Å². The summed E-state index contributed by atoms with van der Waals surface area (Å²) in [5.41, 5.74) is 1.58. The Morgan fingerprint density at radius 1 is 1.08 bits per heavy atom. The zero-order valence-electron chi connectivity index (χ0n) is 14.7. The summed E-state index contributed by atoms with van der Waals surface area (Å²) >= 11 is 0. The van der Waals surface area contributed by atoms with Crippen LogP contribution in [0.3, 0.4) is 0 Å². The zero-order chi connectivity index (χ0) is 19.3. The first-order valence-electron chi connectivity index (χ1n) is 7.89. The Morgan fingerprint density at radius 3 is 2.38 bits per heavy atom. The van der Waals surface area contributed by atoms with Crippen molar-refractivity contribution in [1.29, 1.82) is 0 Å². The molecule has 0 unspecified atom stereocenters. The van der Waals surface area contributed by atoms with Crippen LogP contribution >= 0.6 is 0 Å². The summed E-state index contributed by atoms with van der Waals surface area (Å²) in [4.78, 5) is 23.1. The molecule has 0 saturated carbocycles. The molecule has 2 aromatic carbocycles. The summed E-state index contributed by atoms with van der Waals surface area (Å²) in [6, 6.07) is 10.5. The number of esters is 1. The average molecular weight is 376 g/mol. The normalized spacial score (nSPS) is 10.9. The number of carbonyl (C=O) groups is 2. The Balaban J connectivity index is 2.34. The van der Waals surface area contributed by atoms with Crippen LogP contribution in [0.5, 0.6) is 0 Å². The van der Waals surface area contributed by atoms with Gasteiger partial charge in [0.15, 0.2) is 0 Å². The number of nitrogens with one attached hydrogen (secondary N) is 2.